The van der Waals surface area contributed by atoms with Crippen LogP contribution >= 0.6 is 11.8 Å². The molecular formula is C11H17NO5S. The topological polar surface area (TPSA) is 92.7 Å². The van der Waals surface area contributed by atoms with Crippen molar-refractivity contribution in [2.24, 2.45) is 0 Å². The molecular weight excluding hydrogens is 258 g/mol. The molecule has 0 amide bonds. The zero-order valence-corrected chi connectivity index (χ0v) is 11.0. The van der Waals surface area contributed by atoms with Gasteiger partial charge in [-0.15, -0.1) is 0 Å². The molecule has 1 saturated heterocycles. The zero-order chi connectivity index (χ0) is 13.5. The van der Waals surface area contributed by atoms with Crippen molar-refractivity contribution in [1.29, 1.82) is 0 Å². The second-order valence-corrected chi connectivity index (χ2v) is 5.37. The first-order chi connectivity index (χ1) is 8.49. The summed E-state index contributed by atoms with van der Waals surface area (Å²) in [7, 11) is 0. The van der Waals surface area contributed by atoms with Crippen molar-refractivity contribution in [2.45, 2.75) is 31.9 Å². The van der Waals surface area contributed by atoms with E-state index in [-0.39, 0.29) is 23.6 Å². The summed E-state index contributed by atoms with van der Waals surface area (Å²) in [6.07, 6.45) is 0.452. The van der Waals surface area contributed by atoms with Gasteiger partial charge >= 0.3 is 5.97 Å². The van der Waals surface area contributed by atoms with Crippen molar-refractivity contribution in [3.63, 3.8) is 0 Å². The Morgan fingerprint density at radius 3 is 2.72 bits per heavy atom. The number of hydrogen-bond acceptors (Lipinski definition) is 6. The number of aliphatic carboxylic acids is 1. The lowest BCUT2D eigenvalue weighted by molar-refractivity contribution is -0.139. The second-order valence-electron chi connectivity index (χ2n) is 4.10. The van der Waals surface area contributed by atoms with Gasteiger partial charge in [-0.2, -0.15) is 0 Å². The molecule has 0 radical (unpaired) electrons. The van der Waals surface area contributed by atoms with Crippen LogP contribution in [0.15, 0.2) is 0 Å². The molecule has 0 spiro atoms. The van der Waals surface area contributed by atoms with Gasteiger partial charge in [0, 0.05) is 32.1 Å². The third kappa shape index (κ3) is 5.61. The highest BCUT2D eigenvalue weighted by Gasteiger charge is 2.29. The maximum Gasteiger partial charge on any atom is 0.320 e. The molecule has 2 N–H and O–H groups in total. The lowest BCUT2D eigenvalue weighted by Crippen LogP contribution is -2.30. The van der Waals surface area contributed by atoms with E-state index in [1.807, 2.05) is 0 Å². The summed E-state index contributed by atoms with van der Waals surface area (Å²) in [6.45, 7) is 1.89. The smallest absolute Gasteiger partial charge is 0.320 e. The number of carbonyl (C=O) groups excluding carboxylic acids is 2. The van der Waals surface area contributed by atoms with Crippen molar-refractivity contribution in [2.75, 3.05) is 18.9 Å². The lowest BCUT2D eigenvalue weighted by atomic mass is 10.2. The molecule has 7 heteroatoms. The lowest BCUT2D eigenvalue weighted by Gasteiger charge is -2.09. The standard InChI is InChI=1S/C11H17NO5S/c1-7(13)18-3-2-8(14)6-17-9-4-10(11(15)16)12-5-9/h9-10,12H,2-6H2,1H3,(H,15,16)/t9?,10-/m0/s1. The number of Topliss-reactive ketones (excluding diaryl/α,β-unsaturated/α-hetero) is 1. The van der Waals surface area contributed by atoms with Crippen LogP contribution in [0.1, 0.15) is 19.8 Å². The van der Waals surface area contributed by atoms with Crippen molar-refractivity contribution < 1.29 is 24.2 Å². The van der Waals surface area contributed by atoms with Crippen LogP contribution < -0.4 is 5.32 Å². The number of ketones is 1. The highest BCUT2D eigenvalue weighted by molar-refractivity contribution is 8.13. The minimum Gasteiger partial charge on any atom is -0.480 e. The number of thioether (sulfide) groups is 1. The largest absolute Gasteiger partial charge is 0.480 e. The summed E-state index contributed by atoms with van der Waals surface area (Å²) in [5, 5.41) is 11.6. The molecule has 1 unspecified atom stereocenters. The first-order valence-corrected chi connectivity index (χ1v) is 6.70. The van der Waals surface area contributed by atoms with Gasteiger partial charge in [0.25, 0.3) is 0 Å². The predicted molar refractivity (Wildman–Crippen MR) is 66.5 cm³/mol. The Bertz CT molecular complexity index is 333. The van der Waals surface area contributed by atoms with E-state index in [9.17, 15) is 14.4 Å². The highest BCUT2D eigenvalue weighted by atomic mass is 32.2. The van der Waals surface area contributed by atoms with Crippen molar-refractivity contribution in [1.82, 2.24) is 5.32 Å². The molecule has 0 saturated carbocycles. The second kappa shape index (κ2) is 7.50. The summed E-state index contributed by atoms with van der Waals surface area (Å²) in [5.74, 6) is -0.495. The third-order valence-corrected chi connectivity index (χ3v) is 3.37. The molecule has 0 aromatic carbocycles. The van der Waals surface area contributed by atoms with Gasteiger partial charge < -0.3 is 15.2 Å². The SMILES string of the molecule is CC(=O)SCCC(=O)COC1CN[C@H](C(=O)O)C1. The minimum atomic E-state index is -0.898. The van der Waals surface area contributed by atoms with Crippen LogP contribution in [0.4, 0.5) is 0 Å². The van der Waals surface area contributed by atoms with Crippen molar-refractivity contribution in [3.8, 4) is 0 Å². The first kappa shape index (κ1) is 15.1. The summed E-state index contributed by atoms with van der Waals surface area (Å²) in [5.41, 5.74) is 0. The van der Waals surface area contributed by atoms with E-state index in [0.29, 0.717) is 25.1 Å². The molecule has 1 rings (SSSR count). The molecule has 1 aliphatic heterocycles. The number of nitrogens with one attached hydrogen (secondary N) is 1. The van der Waals surface area contributed by atoms with Crippen LogP contribution in [0.3, 0.4) is 0 Å². The molecule has 1 fully saturated rings. The number of ether oxygens (including phenoxy) is 1. The van der Waals surface area contributed by atoms with Crippen molar-refractivity contribution in [3.05, 3.63) is 0 Å². The fourth-order valence-corrected chi connectivity index (χ4v) is 2.23. The molecule has 0 aliphatic carbocycles. The van der Waals surface area contributed by atoms with Crippen LogP contribution in [-0.4, -0.2) is 53.0 Å². The number of carbonyl (C=O) groups is 3. The summed E-state index contributed by atoms with van der Waals surface area (Å²) in [4.78, 5) is 32.7. The van der Waals surface area contributed by atoms with E-state index in [2.05, 4.69) is 5.32 Å². The number of carboxylic acids is 1. The molecule has 0 bridgehead atoms. The van der Waals surface area contributed by atoms with E-state index in [1.165, 1.54) is 6.92 Å². The van der Waals surface area contributed by atoms with Crippen molar-refractivity contribution >= 4 is 28.6 Å². The summed E-state index contributed by atoms with van der Waals surface area (Å²) >= 11 is 1.12. The van der Waals surface area contributed by atoms with Gasteiger partial charge in [-0.25, -0.2) is 0 Å². The van der Waals surface area contributed by atoms with E-state index in [1.54, 1.807) is 0 Å². The van der Waals surface area contributed by atoms with Crippen LogP contribution in [0.2, 0.25) is 0 Å². The van der Waals surface area contributed by atoms with Crippen LogP contribution in [0, 0.1) is 0 Å². The van der Waals surface area contributed by atoms with Gasteiger partial charge in [0.1, 0.15) is 12.6 Å². The molecule has 0 aromatic rings. The van der Waals surface area contributed by atoms with E-state index >= 15 is 0 Å². The van der Waals surface area contributed by atoms with Gasteiger partial charge in [-0.1, -0.05) is 11.8 Å². The molecule has 1 aliphatic rings. The predicted octanol–water partition coefficient (Wildman–Crippen LogP) is 0.0570. The fraction of sp³-hybridized carbons (Fsp3) is 0.727. The molecule has 102 valence electrons. The third-order valence-electron chi connectivity index (χ3n) is 2.55. The van der Waals surface area contributed by atoms with E-state index in [0.717, 1.165) is 11.8 Å². The normalized spacial score (nSPS) is 22.9. The van der Waals surface area contributed by atoms with Gasteiger partial charge in [-0.3, -0.25) is 14.4 Å². The quantitative estimate of drug-likeness (QED) is 0.678. The van der Waals surface area contributed by atoms with Crippen LogP contribution in [0.25, 0.3) is 0 Å². The average molecular weight is 275 g/mol. The van der Waals surface area contributed by atoms with Gasteiger partial charge in [0.2, 0.25) is 0 Å². The Labute approximate surface area is 109 Å². The van der Waals surface area contributed by atoms with E-state index in [4.69, 9.17) is 9.84 Å². The fourth-order valence-electron chi connectivity index (χ4n) is 1.61. The highest BCUT2D eigenvalue weighted by Crippen LogP contribution is 2.11. The monoisotopic (exact) mass is 275 g/mol. The summed E-state index contributed by atoms with van der Waals surface area (Å²) in [6, 6.07) is -0.585. The van der Waals surface area contributed by atoms with Crippen LogP contribution in [-0.2, 0) is 19.1 Å². The molecule has 6 nitrogen and oxygen atoms in total. The molecule has 1 heterocycles. The van der Waals surface area contributed by atoms with Gasteiger partial charge in [0.15, 0.2) is 10.9 Å². The Balaban J connectivity index is 2.12. The Morgan fingerprint density at radius 1 is 1.44 bits per heavy atom. The molecule has 0 aromatic heterocycles. The maximum atomic E-state index is 11.4. The summed E-state index contributed by atoms with van der Waals surface area (Å²) < 4.78 is 5.33. The zero-order valence-electron chi connectivity index (χ0n) is 10.2. The number of rotatable bonds is 7. The van der Waals surface area contributed by atoms with Gasteiger partial charge in [0.05, 0.1) is 6.10 Å². The first-order valence-electron chi connectivity index (χ1n) is 5.72. The van der Waals surface area contributed by atoms with Gasteiger partial charge in [-0.05, 0) is 0 Å². The molecule has 2 atom stereocenters. The Morgan fingerprint density at radius 2 is 2.17 bits per heavy atom. The molecule has 18 heavy (non-hydrogen) atoms. The number of carboxylic acid groups (broad SMARTS) is 1. The minimum absolute atomic E-state index is 0.00647. The van der Waals surface area contributed by atoms with Crippen LogP contribution in [0.5, 0.6) is 0 Å². The Kier molecular flexibility index (Phi) is 6.31. The Hall–Kier alpha value is -0.920. The average Bonchev–Trinajstić information content (AvgIpc) is 2.74. The number of hydrogen-bond donors (Lipinski definition) is 2. The van der Waals surface area contributed by atoms with E-state index < -0.39 is 12.0 Å². The maximum absolute atomic E-state index is 11.4.